The van der Waals surface area contributed by atoms with Gasteiger partial charge in [0.2, 0.25) is 0 Å². The van der Waals surface area contributed by atoms with Crippen LogP contribution in [-0.2, 0) is 4.74 Å². The molecule has 0 spiro atoms. The van der Waals surface area contributed by atoms with Crippen LogP contribution in [0.15, 0.2) is 0 Å². The van der Waals surface area contributed by atoms with E-state index in [2.05, 4.69) is 24.1 Å². The summed E-state index contributed by atoms with van der Waals surface area (Å²) in [6, 6.07) is 1.28. The third-order valence-corrected chi connectivity index (χ3v) is 3.24. The topological polar surface area (TPSA) is 24.5 Å². The van der Waals surface area contributed by atoms with Crippen molar-refractivity contribution < 1.29 is 4.74 Å². The van der Waals surface area contributed by atoms with Crippen molar-refractivity contribution in [2.45, 2.75) is 45.2 Å². The van der Waals surface area contributed by atoms with E-state index in [0.717, 1.165) is 25.7 Å². The van der Waals surface area contributed by atoms with Gasteiger partial charge >= 0.3 is 0 Å². The van der Waals surface area contributed by atoms with Gasteiger partial charge in [0.15, 0.2) is 0 Å². The second-order valence-electron chi connectivity index (χ2n) is 4.54. The molecule has 0 bridgehead atoms. The maximum absolute atomic E-state index is 5.31. The Labute approximate surface area is 94.2 Å². The Morgan fingerprint density at radius 3 is 2.87 bits per heavy atom. The number of hydrogen-bond acceptors (Lipinski definition) is 3. The van der Waals surface area contributed by atoms with Crippen LogP contribution in [0.3, 0.4) is 0 Å². The van der Waals surface area contributed by atoms with Crippen LogP contribution in [0, 0.1) is 0 Å². The number of methoxy groups -OCH3 is 1. The van der Waals surface area contributed by atoms with Crippen molar-refractivity contribution in [2.75, 3.05) is 33.4 Å². The molecule has 1 fully saturated rings. The van der Waals surface area contributed by atoms with Gasteiger partial charge < -0.3 is 10.1 Å². The highest BCUT2D eigenvalue weighted by Gasteiger charge is 2.27. The van der Waals surface area contributed by atoms with Gasteiger partial charge in [0.05, 0.1) is 6.61 Å². The maximum Gasteiger partial charge on any atom is 0.0630 e. The zero-order chi connectivity index (χ0) is 11.1. The average Bonchev–Trinajstić information content (AvgIpc) is 2.64. The minimum atomic E-state index is 0.555. The average molecular weight is 214 g/mol. The van der Waals surface area contributed by atoms with Crippen molar-refractivity contribution in [3.63, 3.8) is 0 Å². The van der Waals surface area contributed by atoms with Crippen LogP contribution >= 0.6 is 0 Å². The summed E-state index contributed by atoms with van der Waals surface area (Å²) < 4.78 is 5.31. The fourth-order valence-corrected chi connectivity index (χ4v) is 2.41. The summed E-state index contributed by atoms with van der Waals surface area (Å²) >= 11 is 0. The zero-order valence-corrected chi connectivity index (χ0v) is 10.5. The van der Waals surface area contributed by atoms with Gasteiger partial charge in [0.1, 0.15) is 0 Å². The number of rotatable bonds is 7. The van der Waals surface area contributed by atoms with Crippen LogP contribution in [0.25, 0.3) is 0 Å². The molecule has 3 nitrogen and oxygen atoms in total. The molecular weight excluding hydrogens is 188 g/mol. The molecule has 1 heterocycles. The Bertz CT molecular complexity index is 164. The first-order chi connectivity index (χ1) is 7.29. The summed E-state index contributed by atoms with van der Waals surface area (Å²) in [4.78, 5) is 2.59. The minimum absolute atomic E-state index is 0.555. The van der Waals surface area contributed by atoms with Gasteiger partial charge in [-0.2, -0.15) is 0 Å². The largest absolute Gasteiger partial charge is 0.383 e. The van der Waals surface area contributed by atoms with Crippen molar-refractivity contribution in [3.05, 3.63) is 0 Å². The lowest BCUT2D eigenvalue weighted by molar-refractivity contribution is 0.0854. The number of nitrogens with one attached hydrogen (secondary N) is 1. The number of hydrogen-bond donors (Lipinski definition) is 1. The molecule has 0 aromatic rings. The smallest absolute Gasteiger partial charge is 0.0630 e. The third-order valence-electron chi connectivity index (χ3n) is 3.24. The highest BCUT2D eigenvalue weighted by atomic mass is 16.5. The lowest BCUT2D eigenvalue weighted by atomic mass is 10.2. The van der Waals surface area contributed by atoms with Crippen molar-refractivity contribution in [1.29, 1.82) is 0 Å². The fourth-order valence-electron chi connectivity index (χ4n) is 2.41. The van der Waals surface area contributed by atoms with E-state index >= 15 is 0 Å². The van der Waals surface area contributed by atoms with Gasteiger partial charge in [-0.05, 0) is 39.3 Å². The van der Waals surface area contributed by atoms with Crippen molar-refractivity contribution in [1.82, 2.24) is 10.2 Å². The summed E-state index contributed by atoms with van der Waals surface area (Å²) in [6.07, 6.45) is 3.89. The van der Waals surface area contributed by atoms with Crippen LogP contribution < -0.4 is 5.32 Å². The molecule has 2 atom stereocenters. The molecule has 0 radical (unpaired) electrons. The minimum Gasteiger partial charge on any atom is -0.383 e. The predicted molar refractivity (Wildman–Crippen MR) is 64.2 cm³/mol. The van der Waals surface area contributed by atoms with E-state index in [9.17, 15) is 0 Å². The summed E-state index contributed by atoms with van der Waals surface area (Å²) in [5.41, 5.74) is 0. The summed E-state index contributed by atoms with van der Waals surface area (Å²) in [7, 11) is 1.80. The molecule has 90 valence electrons. The molecule has 1 rings (SSSR count). The van der Waals surface area contributed by atoms with Gasteiger partial charge in [-0.25, -0.2) is 0 Å². The molecular formula is C12H26N2O. The predicted octanol–water partition coefficient (Wildman–Crippen LogP) is 1.49. The van der Waals surface area contributed by atoms with E-state index in [-0.39, 0.29) is 0 Å². The lowest BCUT2D eigenvalue weighted by Gasteiger charge is -2.31. The van der Waals surface area contributed by atoms with E-state index in [4.69, 9.17) is 4.74 Å². The molecule has 0 amide bonds. The molecule has 0 saturated carbocycles. The molecule has 3 heteroatoms. The molecule has 0 aromatic carbocycles. The van der Waals surface area contributed by atoms with Crippen molar-refractivity contribution >= 4 is 0 Å². The molecule has 2 unspecified atom stereocenters. The third kappa shape index (κ3) is 4.09. The number of likely N-dealkylation sites (tertiary alicyclic amines) is 1. The Kier molecular flexibility index (Phi) is 6.22. The molecule has 1 N–H and O–H groups in total. The monoisotopic (exact) mass is 214 g/mol. The van der Waals surface area contributed by atoms with Gasteiger partial charge in [0.25, 0.3) is 0 Å². The summed E-state index contributed by atoms with van der Waals surface area (Å²) in [5, 5.41) is 3.50. The van der Waals surface area contributed by atoms with Crippen molar-refractivity contribution in [2.24, 2.45) is 0 Å². The Hall–Kier alpha value is -0.120. The van der Waals surface area contributed by atoms with E-state index in [1.54, 1.807) is 7.11 Å². The number of nitrogens with zero attached hydrogens (tertiary/aromatic N) is 1. The SMILES string of the molecule is CCCNCC(COC)N1CCCC1C. The van der Waals surface area contributed by atoms with Crippen LogP contribution in [0.4, 0.5) is 0 Å². The fraction of sp³-hybridized carbons (Fsp3) is 1.00. The molecule has 15 heavy (non-hydrogen) atoms. The van der Waals surface area contributed by atoms with E-state index in [0.29, 0.717) is 6.04 Å². The van der Waals surface area contributed by atoms with Gasteiger partial charge in [0, 0.05) is 25.7 Å². The number of ether oxygens (including phenoxy) is 1. The summed E-state index contributed by atoms with van der Waals surface area (Å²) in [6.45, 7) is 8.80. The van der Waals surface area contributed by atoms with E-state index in [1.807, 2.05) is 0 Å². The first-order valence-corrected chi connectivity index (χ1v) is 6.25. The van der Waals surface area contributed by atoms with E-state index < -0.39 is 0 Å². The zero-order valence-electron chi connectivity index (χ0n) is 10.5. The second kappa shape index (κ2) is 7.20. The van der Waals surface area contributed by atoms with Gasteiger partial charge in [-0.1, -0.05) is 6.92 Å². The van der Waals surface area contributed by atoms with Gasteiger partial charge in [-0.15, -0.1) is 0 Å². The van der Waals surface area contributed by atoms with Crippen LogP contribution in [0.1, 0.15) is 33.1 Å². The second-order valence-corrected chi connectivity index (χ2v) is 4.54. The van der Waals surface area contributed by atoms with Crippen LogP contribution in [0.2, 0.25) is 0 Å². The molecule has 0 aliphatic carbocycles. The Balaban J connectivity index is 2.34. The highest BCUT2D eigenvalue weighted by Crippen LogP contribution is 2.19. The first kappa shape index (κ1) is 12.9. The van der Waals surface area contributed by atoms with Crippen LogP contribution in [0.5, 0.6) is 0 Å². The van der Waals surface area contributed by atoms with Crippen molar-refractivity contribution in [3.8, 4) is 0 Å². The Morgan fingerprint density at radius 2 is 2.33 bits per heavy atom. The maximum atomic E-state index is 5.31. The Morgan fingerprint density at radius 1 is 1.53 bits per heavy atom. The van der Waals surface area contributed by atoms with Crippen LogP contribution in [-0.4, -0.2) is 50.3 Å². The quantitative estimate of drug-likeness (QED) is 0.650. The summed E-state index contributed by atoms with van der Waals surface area (Å²) in [5.74, 6) is 0. The molecule has 0 aromatic heterocycles. The molecule has 1 aliphatic heterocycles. The highest BCUT2D eigenvalue weighted by molar-refractivity contribution is 4.83. The lowest BCUT2D eigenvalue weighted by Crippen LogP contribution is -2.46. The standard InChI is InChI=1S/C12H26N2O/c1-4-7-13-9-12(10-15-3)14-8-5-6-11(14)2/h11-13H,4-10H2,1-3H3. The molecule has 1 saturated heterocycles. The van der Waals surface area contributed by atoms with E-state index in [1.165, 1.54) is 25.8 Å². The normalized spacial score (nSPS) is 24.6. The van der Waals surface area contributed by atoms with Gasteiger partial charge in [-0.3, -0.25) is 4.90 Å². The molecule has 1 aliphatic rings. The first-order valence-electron chi connectivity index (χ1n) is 6.25.